The SMILES string of the molecule is CC(C)c1c(N)cncc1F. The first-order valence-corrected chi connectivity index (χ1v) is 3.51. The van der Waals surface area contributed by atoms with Gasteiger partial charge in [-0.1, -0.05) is 13.8 Å². The molecule has 0 aliphatic rings. The van der Waals surface area contributed by atoms with Crippen molar-refractivity contribution in [3.8, 4) is 0 Å². The van der Waals surface area contributed by atoms with Crippen LogP contribution in [0.4, 0.5) is 10.1 Å². The van der Waals surface area contributed by atoms with Crippen molar-refractivity contribution >= 4 is 5.69 Å². The minimum Gasteiger partial charge on any atom is -0.397 e. The summed E-state index contributed by atoms with van der Waals surface area (Å²) >= 11 is 0. The Kier molecular flexibility index (Phi) is 2.08. The van der Waals surface area contributed by atoms with Crippen LogP contribution in [0.5, 0.6) is 0 Å². The Bertz CT molecular complexity index is 238. The lowest BCUT2D eigenvalue weighted by molar-refractivity contribution is 0.593. The number of rotatable bonds is 1. The Hall–Kier alpha value is -1.12. The fraction of sp³-hybridized carbons (Fsp3) is 0.375. The van der Waals surface area contributed by atoms with Crippen molar-refractivity contribution in [2.75, 3.05) is 5.73 Å². The van der Waals surface area contributed by atoms with Gasteiger partial charge in [0.15, 0.2) is 0 Å². The van der Waals surface area contributed by atoms with E-state index in [2.05, 4.69) is 4.98 Å². The van der Waals surface area contributed by atoms with Gasteiger partial charge in [0.1, 0.15) is 5.82 Å². The summed E-state index contributed by atoms with van der Waals surface area (Å²) in [5, 5.41) is 0. The van der Waals surface area contributed by atoms with Gasteiger partial charge in [-0.2, -0.15) is 0 Å². The molecule has 0 bridgehead atoms. The molecule has 1 aromatic heterocycles. The van der Waals surface area contributed by atoms with Gasteiger partial charge in [-0.25, -0.2) is 4.39 Å². The molecule has 0 unspecified atom stereocenters. The lowest BCUT2D eigenvalue weighted by Gasteiger charge is -2.08. The first-order valence-electron chi connectivity index (χ1n) is 3.51. The molecular formula is C8H11FN2. The smallest absolute Gasteiger partial charge is 0.146 e. The van der Waals surface area contributed by atoms with Crippen LogP contribution < -0.4 is 5.73 Å². The molecule has 2 N–H and O–H groups in total. The van der Waals surface area contributed by atoms with Gasteiger partial charge in [0, 0.05) is 5.56 Å². The normalized spacial score (nSPS) is 10.5. The molecule has 0 saturated carbocycles. The maximum atomic E-state index is 13.0. The number of halogens is 1. The zero-order valence-corrected chi connectivity index (χ0v) is 6.63. The van der Waals surface area contributed by atoms with E-state index in [1.807, 2.05) is 13.8 Å². The van der Waals surface area contributed by atoms with Crippen LogP contribution >= 0.6 is 0 Å². The van der Waals surface area contributed by atoms with Crippen LogP contribution in [-0.4, -0.2) is 4.98 Å². The van der Waals surface area contributed by atoms with E-state index in [1.54, 1.807) is 0 Å². The maximum absolute atomic E-state index is 13.0. The molecule has 0 amide bonds. The van der Waals surface area contributed by atoms with Gasteiger partial charge in [0.2, 0.25) is 0 Å². The van der Waals surface area contributed by atoms with Crippen LogP contribution in [0.1, 0.15) is 25.3 Å². The molecule has 0 saturated heterocycles. The third kappa shape index (κ3) is 1.48. The number of nitrogens with two attached hydrogens (primary N) is 1. The molecule has 1 aromatic rings. The van der Waals surface area contributed by atoms with Crippen molar-refractivity contribution in [2.24, 2.45) is 0 Å². The molecule has 1 heterocycles. The molecule has 0 aliphatic carbocycles. The van der Waals surface area contributed by atoms with E-state index >= 15 is 0 Å². The van der Waals surface area contributed by atoms with E-state index in [9.17, 15) is 4.39 Å². The molecule has 3 heteroatoms. The number of aromatic nitrogens is 1. The van der Waals surface area contributed by atoms with E-state index in [4.69, 9.17) is 5.73 Å². The predicted octanol–water partition coefficient (Wildman–Crippen LogP) is 1.93. The first kappa shape index (κ1) is 7.98. The Morgan fingerprint density at radius 1 is 1.45 bits per heavy atom. The second kappa shape index (κ2) is 2.86. The quantitative estimate of drug-likeness (QED) is 0.671. The molecule has 2 nitrogen and oxygen atoms in total. The van der Waals surface area contributed by atoms with E-state index in [0.717, 1.165) is 0 Å². The Labute approximate surface area is 65.3 Å². The summed E-state index contributed by atoms with van der Waals surface area (Å²) in [6, 6.07) is 0. The van der Waals surface area contributed by atoms with Crippen molar-refractivity contribution in [1.82, 2.24) is 4.98 Å². The highest BCUT2D eigenvalue weighted by molar-refractivity contribution is 5.46. The summed E-state index contributed by atoms with van der Waals surface area (Å²) < 4.78 is 13.0. The Morgan fingerprint density at radius 3 is 2.45 bits per heavy atom. The topological polar surface area (TPSA) is 38.9 Å². The van der Waals surface area contributed by atoms with Gasteiger partial charge in [-0.05, 0) is 5.92 Å². The molecule has 0 aromatic carbocycles. The molecule has 60 valence electrons. The van der Waals surface area contributed by atoms with Crippen LogP contribution in [-0.2, 0) is 0 Å². The van der Waals surface area contributed by atoms with Crippen molar-refractivity contribution < 1.29 is 4.39 Å². The van der Waals surface area contributed by atoms with Gasteiger partial charge in [0.05, 0.1) is 18.1 Å². The highest BCUT2D eigenvalue weighted by Crippen LogP contribution is 2.22. The summed E-state index contributed by atoms with van der Waals surface area (Å²) in [4.78, 5) is 3.63. The minimum atomic E-state index is -0.319. The average Bonchev–Trinajstić information content (AvgIpc) is 1.85. The minimum absolute atomic E-state index is 0.109. The number of anilines is 1. The molecule has 0 atom stereocenters. The van der Waals surface area contributed by atoms with Crippen LogP contribution in [0.2, 0.25) is 0 Å². The fourth-order valence-corrected chi connectivity index (χ4v) is 1.07. The molecule has 0 fully saturated rings. The number of nitrogen functional groups attached to an aromatic ring is 1. The lowest BCUT2D eigenvalue weighted by atomic mass is 10.0. The van der Waals surface area contributed by atoms with Crippen LogP contribution in [0.3, 0.4) is 0 Å². The van der Waals surface area contributed by atoms with Crippen molar-refractivity contribution in [2.45, 2.75) is 19.8 Å². The van der Waals surface area contributed by atoms with Crippen molar-refractivity contribution in [3.05, 3.63) is 23.8 Å². The summed E-state index contributed by atoms with van der Waals surface area (Å²) in [6.07, 6.45) is 2.66. The molecule has 0 radical (unpaired) electrons. The largest absolute Gasteiger partial charge is 0.397 e. The van der Waals surface area contributed by atoms with Crippen LogP contribution in [0.15, 0.2) is 12.4 Å². The lowest BCUT2D eigenvalue weighted by Crippen LogP contribution is -2.00. The predicted molar refractivity (Wildman–Crippen MR) is 42.7 cm³/mol. The Morgan fingerprint density at radius 2 is 2.09 bits per heavy atom. The summed E-state index contributed by atoms with van der Waals surface area (Å²) in [6.45, 7) is 3.80. The molecular weight excluding hydrogens is 143 g/mol. The molecule has 0 aliphatic heterocycles. The van der Waals surface area contributed by atoms with Gasteiger partial charge in [-0.15, -0.1) is 0 Å². The van der Waals surface area contributed by atoms with Crippen molar-refractivity contribution in [1.29, 1.82) is 0 Å². The van der Waals surface area contributed by atoms with Crippen LogP contribution in [0, 0.1) is 5.82 Å². The molecule has 1 rings (SSSR count). The number of nitrogens with zero attached hydrogens (tertiary/aromatic N) is 1. The van der Waals surface area contributed by atoms with E-state index in [0.29, 0.717) is 11.3 Å². The van der Waals surface area contributed by atoms with E-state index < -0.39 is 0 Å². The van der Waals surface area contributed by atoms with E-state index in [1.165, 1.54) is 12.4 Å². The van der Waals surface area contributed by atoms with Gasteiger partial charge < -0.3 is 5.73 Å². The second-order valence-electron chi connectivity index (χ2n) is 2.78. The highest BCUT2D eigenvalue weighted by atomic mass is 19.1. The standard InChI is InChI=1S/C8H11FN2/c1-5(2)8-6(9)3-11-4-7(8)10/h3-5H,10H2,1-2H3. The monoisotopic (exact) mass is 154 g/mol. The second-order valence-corrected chi connectivity index (χ2v) is 2.78. The van der Waals surface area contributed by atoms with Crippen LogP contribution in [0.25, 0.3) is 0 Å². The Balaban J connectivity index is 3.21. The fourth-order valence-electron chi connectivity index (χ4n) is 1.07. The summed E-state index contributed by atoms with van der Waals surface area (Å²) in [5.74, 6) is -0.210. The number of hydrogen-bond acceptors (Lipinski definition) is 2. The maximum Gasteiger partial charge on any atom is 0.146 e. The highest BCUT2D eigenvalue weighted by Gasteiger charge is 2.09. The van der Waals surface area contributed by atoms with Crippen molar-refractivity contribution in [3.63, 3.8) is 0 Å². The average molecular weight is 154 g/mol. The van der Waals surface area contributed by atoms with Gasteiger partial charge >= 0.3 is 0 Å². The first-order chi connectivity index (χ1) is 5.13. The third-order valence-corrected chi connectivity index (χ3v) is 1.55. The zero-order valence-electron chi connectivity index (χ0n) is 6.63. The number of pyridine rings is 1. The summed E-state index contributed by atoms with van der Waals surface area (Å²) in [5.41, 5.74) is 6.51. The zero-order chi connectivity index (χ0) is 8.43. The van der Waals surface area contributed by atoms with Gasteiger partial charge in [-0.3, -0.25) is 4.98 Å². The third-order valence-electron chi connectivity index (χ3n) is 1.55. The summed E-state index contributed by atoms with van der Waals surface area (Å²) in [7, 11) is 0. The number of hydrogen-bond donors (Lipinski definition) is 1. The molecule has 0 spiro atoms. The van der Waals surface area contributed by atoms with Gasteiger partial charge in [0.25, 0.3) is 0 Å². The molecule has 11 heavy (non-hydrogen) atoms. The van der Waals surface area contributed by atoms with E-state index in [-0.39, 0.29) is 11.7 Å².